The fourth-order valence-corrected chi connectivity index (χ4v) is 7.54. The lowest BCUT2D eigenvalue weighted by Gasteiger charge is -2.70. The molecular formula is C26H32ClN5O2. The molecule has 3 aliphatic carbocycles. The van der Waals surface area contributed by atoms with Gasteiger partial charge in [-0.15, -0.1) is 0 Å². The summed E-state index contributed by atoms with van der Waals surface area (Å²) in [6, 6.07) is 4.36. The molecule has 5 fully saturated rings. The molecular weight excluding hydrogens is 450 g/mol. The Bertz CT molecular complexity index is 1230. The second-order valence-corrected chi connectivity index (χ2v) is 12.0. The van der Waals surface area contributed by atoms with Gasteiger partial charge >= 0.3 is 0 Å². The first-order valence-electron chi connectivity index (χ1n) is 12.5. The Kier molecular flexibility index (Phi) is 4.58. The summed E-state index contributed by atoms with van der Waals surface area (Å²) in [6.07, 6.45) is 11.8. The number of nitrogens with zero attached hydrogens (tertiary/aromatic N) is 5. The van der Waals surface area contributed by atoms with Crippen molar-refractivity contribution in [3.8, 4) is 5.69 Å². The van der Waals surface area contributed by atoms with E-state index in [1.165, 1.54) is 24.8 Å². The van der Waals surface area contributed by atoms with Gasteiger partial charge in [-0.1, -0.05) is 11.6 Å². The third-order valence-corrected chi connectivity index (χ3v) is 9.40. The van der Waals surface area contributed by atoms with Crippen molar-refractivity contribution in [1.29, 1.82) is 0 Å². The van der Waals surface area contributed by atoms with E-state index in [0.29, 0.717) is 11.3 Å². The van der Waals surface area contributed by atoms with Gasteiger partial charge in [0.25, 0.3) is 0 Å². The molecule has 0 spiro atoms. The molecule has 0 N–H and O–H groups in total. The minimum Gasteiger partial charge on any atom is -0.384 e. The van der Waals surface area contributed by atoms with Crippen molar-refractivity contribution in [3.05, 3.63) is 41.3 Å². The zero-order chi connectivity index (χ0) is 23.1. The molecule has 1 aromatic carbocycles. The number of ether oxygens (including phenoxy) is 2. The van der Waals surface area contributed by atoms with Crippen LogP contribution in [-0.2, 0) is 15.0 Å². The number of fused-ring (bicyclic) bond motifs is 1. The number of aromatic nitrogens is 4. The summed E-state index contributed by atoms with van der Waals surface area (Å²) in [5.41, 5.74) is 4.17. The largest absolute Gasteiger partial charge is 0.384 e. The Balaban J connectivity index is 1.13. The maximum Gasteiger partial charge on any atom is 0.103 e. The number of benzene rings is 1. The third kappa shape index (κ3) is 3.00. The summed E-state index contributed by atoms with van der Waals surface area (Å²) in [4.78, 5) is 2.60. The molecule has 2 saturated heterocycles. The smallest absolute Gasteiger partial charge is 0.103 e. The molecule has 34 heavy (non-hydrogen) atoms. The molecule has 4 heterocycles. The van der Waals surface area contributed by atoms with Crippen LogP contribution in [-0.4, -0.2) is 70.0 Å². The lowest BCUT2D eigenvalue weighted by molar-refractivity contribution is -0.217. The van der Waals surface area contributed by atoms with Gasteiger partial charge < -0.3 is 9.47 Å². The van der Waals surface area contributed by atoms with E-state index in [-0.39, 0.29) is 11.1 Å². The topological polar surface area (TPSA) is 57.3 Å². The summed E-state index contributed by atoms with van der Waals surface area (Å²) in [5.74, 6) is 0.474. The van der Waals surface area contributed by atoms with E-state index in [4.69, 9.17) is 31.3 Å². The minimum atomic E-state index is 0.185. The molecule has 2 aromatic heterocycles. The van der Waals surface area contributed by atoms with Crippen LogP contribution in [0.25, 0.3) is 16.6 Å². The molecule has 8 rings (SSSR count). The molecule has 0 radical (unpaired) electrons. The lowest BCUT2D eigenvalue weighted by Crippen LogP contribution is -2.69. The van der Waals surface area contributed by atoms with Gasteiger partial charge in [0.05, 0.1) is 55.0 Å². The highest BCUT2D eigenvalue weighted by atomic mass is 35.5. The fourth-order valence-electron chi connectivity index (χ4n) is 7.21. The van der Waals surface area contributed by atoms with Crippen molar-refractivity contribution in [1.82, 2.24) is 24.5 Å². The van der Waals surface area contributed by atoms with Crippen LogP contribution in [0.4, 0.5) is 0 Å². The van der Waals surface area contributed by atoms with Crippen LogP contribution in [0.2, 0.25) is 5.02 Å². The zero-order valence-electron chi connectivity index (χ0n) is 20.0. The Morgan fingerprint density at radius 3 is 2.56 bits per heavy atom. The standard InChI is InChI=1S/C26H32ClN5O2/c1-24(15-34-16-24)30-5-3-18(4-6-30)21-8-23-19(7-22(21)27)9-29-32(23)20-10-28-31(11-20)26-12-25(13-26,14-26)17-33-2/h7-11,18H,3-6,12-17H2,1-2H3. The number of likely N-dealkylation sites (tertiary alicyclic amines) is 1. The van der Waals surface area contributed by atoms with Crippen LogP contribution in [0.15, 0.2) is 30.7 Å². The van der Waals surface area contributed by atoms with Crippen LogP contribution in [0.5, 0.6) is 0 Å². The normalized spacial score (nSPS) is 30.7. The monoisotopic (exact) mass is 481 g/mol. The SMILES string of the molecule is COCC12CC(n3cc(-n4ncc5cc(Cl)c(C6CCN(C7(C)COC7)CC6)cc54)cn3)(C1)C2. The van der Waals surface area contributed by atoms with Gasteiger partial charge in [-0.3, -0.25) is 9.58 Å². The number of hydrogen-bond donors (Lipinski definition) is 0. The summed E-state index contributed by atoms with van der Waals surface area (Å²) >= 11 is 6.79. The van der Waals surface area contributed by atoms with Crippen LogP contribution < -0.4 is 0 Å². The van der Waals surface area contributed by atoms with E-state index >= 15 is 0 Å². The molecule has 8 heteroatoms. The zero-order valence-corrected chi connectivity index (χ0v) is 20.7. The van der Waals surface area contributed by atoms with Crippen molar-refractivity contribution < 1.29 is 9.47 Å². The highest BCUT2D eigenvalue weighted by molar-refractivity contribution is 6.32. The first-order chi connectivity index (χ1) is 16.4. The molecule has 3 saturated carbocycles. The molecule has 5 aliphatic rings. The predicted octanol–water partition coefficient (Wildman–Crippen LogP) is 4.37. The molecule has 0 atom stereocenters. The second kappa shape index (κ2) is 7.29. The summed E-state index contributed by atoms with van der Waals surface area (Å²) in [5, 5.41) is 11.4. The maximum atomic E-state index is 6.79. The van der Waals surface area contributed by atoms with E-state index in [1.54, 1.807) is 7.11 Å². The fraction of sp³-hybridized carbons (Fsp3) is 0.615. The van der Waals surface area contributed by atoms with Gasteiger partial charge in [-0.25, -0.2) is 4.68 Å². The van der Waals surface area contributed by atoms with Gasteiger partial charge in [0.1, 0.15) is 5.69 Å². The highest BCUT2D eigenvalue weighted by Crippen LogP contribution is 2.71. The number of halogens is 1. The van der Waals surface area contributed by atoms with Crippen molar-refractivity contribution in [2.45, 2.75) is 56.0 Å². The molecule has 0 amide bonds. The van der Waals surface area contributed by atoms with E-state index in [9.17, 15) is 0 Å². The Morgan fingerprint density at radius 2 is 1.88 bits per heavy atom. The lowest BCUT2D eigenvalue weighted by atomic mass is 9.39. The minimum absolute atomic E-state index is 0.185. The summed E-state index contributed by atoms with van der Waals surface area (Å²) in [7, 11) is 1.80. The van der Waals surface area contributed by atoms with E-state index in [1.807, 2.05) is 17.1 Å². The Morgan fingerprint density at radius 1 is 1.12 bits per heavy atom. The maximum absolute atomic E-state index is 6.79. The van der Waals surface area contributed by atoms with Gasteiger partial charge in [0.15, 0.2) is 0 Å². The van der Waals surface area contributed by atoms with Crippen molar-refractivity contribution in [3.63, 3.8) is 0 Å². The quantitative estimate of drug-likeness (QED) is 0.523. The van der Waals surface area contributed by atoms with E-state index < -0.39 is 0 Å². The Hall–Kier alpha value is -1.93. The molecule has 3 aromatic rings. The molecule has 180 valence electrons. The van der Waals surface area contributed by atoms with E-state index in [0.717, 1.165) is 67.4 Å². The molecule has 7 nitrogen and oxygen atoms in total. The molecule has 2 bridgehead atoms. The summed E-state index contributed by atoms with van der Waals surface area (Å²) in [6.45, 7) is 7.08. The van der Waals surface area contributed by atoms with Gasteiger partial charge in [-0.2, -0.15) is 10.2 Å². The van der Waals surface area contributed by atoms with Crippen molar-refractivity contribution in [2.24, 2.45) is 5.41 Å². The van der Waals surface area contributed by atoms with Gasteiger partial charge in [-0.05, 0) is 75.7 Å². The van der Waals surface area contributed by atoms with Crippen LogP contribution in [0.1, 0.15) is 50.5 Å². The van der Waals surface area contributed by atoms with Gasteiger partial charge in [0, 0.05) is 22.9 Å². The first kappa shape index (κ1) is 21.4. The number of rotatable bonds is 6. The van der Waals surface area contributed by atoms with Crippen LogP contribution in [0, 0.1) is 5.41 Å². The van der Waals surface area contributed by atoms with Crippen LogP contribution in [0.3, 0.4) is 0 Å². The number of piperidine rings is 1. The average molecular weight is 482 g/mol. The number of methoxy groups -OCH3 is 1. The molecule has 2 aliphatic heterocycles. The highest BCUT2D eigenvalue weighted by Gasteiger charge is 2.69. The number of hydrogen-bond acceptors (Lipinski definition) is 5. The van der Waals surface area contributed by atoms with E-state index in [2.05, 4.69) is 34.8 Å². The predicted molar refractivity (Wildman–Crippen MR) is 131 cm³/mol. The molecule has 0 unspecified atom stereocenters. The summed E-state index contributed by atoms with van der Waals surface area (Å²) < 4.78 is 15.1. The van der Waals surface area contributed by atoms with Gasteiger partial charge in [0.2, 0.25) is 0 Å². The van der Waals surface area contributed by atoms with Crippen molar-refractivity contribution >= 4 is 22.5 Å². The Labute approximate surface area is 204 Å². The average Bonchev–Trinajstić information content (AvgIpc) is 3.40. The van der Waals surface area contributed by atoms with Crippen LogP contribution >= 0.6 is 11.6 Å². The third-order valence-electron chi connectivity index (χ3n) is 9.07. The first-order valence-corrected chi connectivity index (χ1v) is 12.9. The second-order valence-electron chi connectivity index (χ2n) is 11.6. The van der Waals surface area contributed by atoms with Crippen molar-refractivity contribution in [2.75, 3.05) is 40.0 Å².